The molecule has 31 heavy (non-hydrogen) atoms. The van der Waals surface area contributed by atoms with E-state index in [1.54, 1.807) is 0 Å². The summed E-state index contributed by atoms with van der Waals surface area (Å²) in [5.41, 5.74) is 0. The van der Waals surface area contributed by atoms with Crippen molar-refractivity contribution in [2.45, 2.75) is 84.6 Å². The van der Waals surface area contributed by atoms with Gasteiger partial charge >= 0.3 is 35.8 Å². The van der Waals surface area contributed by atoms with Crippen molar-refractivity contribution in [3.05, 3.63) is 0 Å². The molecule has 0 aromatic carbocycles. The Morgan fingerprint density at radius 2 is 0.645 bits per heavy atom. The maximum absolute atomic E-state index is 12.1. The molecule has 1 aliphatic rings. The Kier molecular flexibility index (Phi) is 9.41. The minimum atomic E-state index is -1.55. The maximum atomic E-state index is 12.1. The van der Waals surface area contributed by atoms with E-state index >= 15 is 0 Å². The summed E-state index contributed by atoms with van der Waals surface area (Å²) >= 11 is 0. The molecule has 0 amide bonds. The highest BCUT2D eigenvalue weighted by Gasteiger charge is 2.60. The van der Waals surface area contributed by atoms with Gasteiger partial charge in [0.25, 0.3) is 0 Å². The van der Waals surface area contributed by atoms with E-state index in [2.05, 4.69) is 0 Å². The predicted molar refractivity (Wildman–Crippen MR) is 97.9 cm³/mol. The molecular weight excluding hydrogens is 420 g/mol. The molecule has 1 aliphatic carbocycles. The van der Waals surface area contributed by atoms with Gasteiger partial charge < -0.3 is 28.4 Å². The zero-order valence-corrected chi connectivity index (χ0v) is 18.1. The van der Waals surface area contributed by atoms with Gasteiger partial charge in [-0.15, -0.1) is 0 Å². The van der Waals surface area contributed by atoms with E-state index in [1.807, 2.05) is 0 Å². The summed E-state index contributed by atoms with van der Waals surface area (Å²) in [5.74, 6) is -5.04. The number of hydrogen-bond acceptors (Lipinski definition) is 12. The number of carbonyl (C=O) groups is 6. The predicted octanol–water partition coefficient (Wildman–Crippen LogP) is -0.0197. The van der Waals surface area contributed by atoms with Crippen LogP contribution in [0.1, 0.15) is 48.0 Å². The lowest BCUT2D eigenvalue weighted by molar-refractivity contribution is -0.259. The van der Waals surface area contributed by atoms with Gasteiger partial charge in [0.2, 0.25) is 0 Å². The van der Waals surface area contributed by atoms with Gasteiger partial charge in [0.1, 0.15) is 0 Å². The molecule has 0 spiro atoms. The molecule has 6 atom stereocenters. The van der Waals surface area contributed by atoms with Gasteiger partial charge in [0, 0.05) is 41.0 Å². The van der Waals surface area contributed by atoms with E-state index in [4.69, 9.17) is 28.4 Å². The average molecular weight is 446 g/mol. The third-order valence-electron chi connectivity index (χ3n) is 4.01. The van der Waals surface area contributed by atoms with E-state index < -0.39 is 72.4 Å². The Balaban J connectivity index is 3.68. The topological polar surface area (TPSA) is 158 Å². The van der Waals surface area contributed by atoms with Crippen molar-refractivity contribution in [2.75, 3.05) is 0 Å². The number of esters is 6. The first kappa shape index (κ1) is 25.9. The fraction of sp³-hybridized carbons (Fsp3) is 0.684. The highest BCUT2D eigenvalue weighted by Crippen LogP contribution is 2.34. The van der Waals surface area contributed by atoms with E-state index in [-0.39, 0.29) is 6.42 Å². The molecule has 2 unspecified atom stereocenters. The monoisotopic (exact) mass is 446 g/mol. The van der Waals surface area contributed by atoms with Crippen molar-refractivity contribution in [1.82, 2.24) is 0 Å². The summed E-state index contributed by atoms with van der Waals surface area (Å²) in [5, 5.41) is 0. The van der Waals surface area contributed by atoms with Crippen LogP contribution in [0.2, 0.25) is 0 Å². The Morgan fingerprint density at radius 1 is 0.452 bits per heavy atom. The third-order valence-corrected chi connectivity index (χ3v) is 4.01. The van der Waals surface area contributed by atoms with Crippen LogP contribution >= 0.6 is 0 Å². The van der Waals surface area contributed by atoms with Gasteiger partial charge in [0.15, 0.2) is 36.6 Å². The summed E-state index contributed by atoms with van der Waals surface area (Å²) in [6.45, 7) is 6.71. The molecule has 0 bridgehead atoms. The fourth-order valence-electron chi connectivity index (χ4n) is 3.12. The second-order valence-electron chi connectivity index (χ2n) is 6.68. The van der Waals surface area contributed by atoms with Crippen LogP contribution < -0.4 is 0 Å². The molecule has 0 radical (unpaired) electrons. The largest absolute Gasteiger partial charge is 0.454 e. The fourth-order valence-corrected chi connectivity index (χ4v) is 3.12. The van der Waals surface area contributed by atoms with Gasteiger partial charge in [0.05, 0.1) is 0 Å². The Bertz CT molecular complexity index is 685. The van der Waals surface area contributed by atoms with Crippen LogP contribution in [-0.4, -0.2) is 72.4 Å². The quantitative estimate of drug-likeness (QED) is 0.381. The van der Waals surface area contributed by atoms with Crippen LogP contribution in [0.15, 0.2) is 0 Å². The first-order valence-electron chi connectivity index (χ1n) is 9.42. The number of carbonyl (C=O) groups excluding carboxylic acids is 6. The van der Waals surface area contributed by atoms with E-state index in [0.717, 1.165) is 34.6 Å². The van der Waals surface area contributed by atoms with Gasteiger partial charge in [-0.05, 0) is 0 Å². The van der Waals surface area contributed by atoms with Crippen LogP contribution in [0.5, 0.6) is 0 Å². The second kappa shape index (κ2) is 11.3. The van der Waals surface area contributed by atoms with E-state index in [1.165, 1.54) is 6.92 Å². The van der Waals surface area contributed by atoms with Gasteiger partial charge in [-0.25, -0.2) is 0 Å². The van der Waals surface area contributed by atoms with Crippen LogP contribution in [0.25, 0.3) is 0 Å². The average Bonchev–Trinajstić information content (AvgIpc) is 2.61. The van der Waals surface area contributed by atoms with Crippen molar-refractivity contribution < 1.29 is 57.2 Å². The second-order valence-corrected chi connectivity index (χ2v) is 6.68. The van der Waals surface area contributed by atoms with Crippen molar-refractivity contribution in [3.63, 3.8) is 0 Å². The molecule has 12 nitrogen and oxygen atoms in total. The molecule has 1 saturated carbocycles. The normalized spacial score (nSPS) is 27.3. The minimum absolute atomic E-state index is 0.0973. The van der Waals surface area contributed by atoms with Crippen molar-refractivity contribution in [3.8, 4) is 0 Å². The van der Waals surface area contributed by atoms with Crippen LogP contribution in [0.4, 0.5) is 0 Å². The Hall–Kier alpha value is -3.18. The summed E-state index contributed by atoms with van der Waals surface area (Å²) < 4.78 is 31.4. The molecule has 0 aliphatic heterocycles. The highest BCUT2D eigenvalue weighted by molar-refractivity contribution is 5.71. The van der Waals surface area contributed by atoms with Crippen molar-refractivity contribution in [1.29, 1.82) is 0 Å². The highest BCUT2D eigenvalue weighted by atomic mass is 16.7. The lowest BCUT2D eigenvalue weighted by Crippen LogP contribution is -2.68. The van der Waals surface area contributed by atoms with Crippen molar-refractivity contribution in [2.24, 2.45) is 0 Å². The van der Waals surface area contributed by atoms with Gasteiger partial charge in [-0.2, -0.15) is 0 Å². The van der Waals surface area contributed by atoms with Crippen molar-refractivity contribution >= 4 is 35.8 Å². The first-order chi connectivity index (χ1) is 14.4. The van der Waals surface area contributed by atoms with E-state index in [9.17, 15) is 28.8 Å². The van der Waals surface area contributed by atoms with E-state index in [0.29, 0.717) is 0 Å². The standard InChI is InChI=1S/C19H26O12/c1-7-13(25)31-19-17(29-11(5)23)15(27-9(3)21)14(26-8(2)20)16(28-10(4)22)18(19)30-12(6)24/h14-19H,7H2,1-6H3/t14?,15-,16+,17-,18+,19?. The maximum Gasteiger partial charge on any atom is 0.306 e. The lowest BCUT2D eigenvalue weighted by atomic mass is 9.83. The first-order valence-corrected chi connectivity index (χ1v) is 9.42. The lowest BCUT2D eigenvalue weighted by Gasteiger charge is -2.46. The summed E-state index contributed by atoms with van der Waals surface area (Å²) in [4.78, 5) is 70.8. The summed E-state index contributed by atoms with van der Waals surface area (Å²) in [7, 11) is 0. The molecule has 1 fully saturated rings. The van der Waals surface area contributed by atoms with Gasteiger partial charge in [-0.3, -0.25) is 28.8 Å². The summed E-state index contributed by atoms with van der Waals surface area (Å²) in [6.07, 6.45) is -9.36. The van der Waals surface area contributed by atoms with Crippen LogP contribution in [0.3, 0.4) is 0 Å². The molecule has 12 heteroatoms. The third kappa shape index (κ3) is 7.54. The minimum Gasteiger partial charge on any atom is -0.454 e. The molecule has 1 rings (SSSR count). The zero-order chi connectivity index (χ0) is 23.9. The number of hydrogen-bond donors (Lipinski definition) is 0. The number of rotatable bonds is 7. The molecule has 0 saturated heterocycles. The molecule has 174 valence electrons. The molecule has 0 heterocycles. The van der Waals surface area contributed by atoms with Gasteiger partial charge in [-0.1, -0.05) is 6.92 Å². The number of ether oxygens (including phenoxy) is 6. The Labute approximate surface area is 178 Å². The SMILES string of the molecule is CCC(=O)OC1[C@@H](OC(C)=O)[C@@H](OC(C)=O)C(OC(C)=O)[C@@H](OC(C)=O)[C@H]1OC(C)=O. The molecule has 0 aromatic heterocycles. The summed E-state index contributed by atoms with van der Waals surface area (Å²) in [6, 6.07) is 0. The zero-order valence-electron chi connectivity index (χ0n) is 18.1. The van der Waals surface area contributed by atoms with Crippen LogP contribution in [-0.2, 0) is 57.2 Å². The molecule has 0 aromatic rings. The van der Waals surface area contributed by atoms with Crippen LogP contribution in [0, 0.1) is 0 Å². The Morgan fingerprint density at radius 3 is 0.806 bits per heavy atom. The smallest absolute Gasteiger partial charge is 0.306 e. The molecule has 0 N–H and O–H groups in total. The molecular formula is C19H26O12.